The Balaban J connectivity index is 1.73. The molecule has 0 N–H and O–H groups in total. The molecule has 0 aliphatic carbocycles. The largest absolute Gasteiger partial charge is 0.492 e. The quantitative estimate of drug-likeness (QED) is 0.459. The summed E-state index contributed by atoms with van der Waals surface area (Å²) >= 11 is 0. The first-order valence-electron chi connectivity index (χ1n) is 10.5. The number of non-ortho nitro benzene ring substituents is 1. The van der Waals surface area contributed by atoms with Crippen LogP contribution >= 0.6 is 0 Å². The lowest BCUT2D eigenvalue weighted by Crippen LogP contribution is -2.48. The molecule has 2 aromatic rings. The molecular formula is C23H26F3N3O4. The predicted octanol–water partition coefficient (Wildman–Crippen LogP) is 5.00. The number of rotatable bonds is 5. The minimum absolute atomic E-state index is 0.122. The second-order valence-electron chi connectivity index (χ2n) is 9.11. The van der Waals surface area contributed by atoms with Gasteiger partial charge in [0.15, 0.2) is 0 Å². The summed E-state index contributed by atoms with van der Waals surface area (Å²) in [7, 11) is 0. The molecule has 1 fully saturated rings. The number of amides is 1. The number of benzene rings is 2. The van der Waals surface area contributed by atoms with Crippen LogP contribution in [-0.2, 0) is 6.18 Å². The molecule has 0 saturated carbocycles. The van der Waals surface area contributed by atoms with Gasteiger partial charge in [0.2, 0.25) is 0 Å². The van der Waals surface area contributed by atoms with Crippen molar-refractivity contribution in [3.8, 4) is 5.75 Å². The van der Waals surface area contributed by atoms with Crippen LogP contribution in [0.15, 0.2) is 42.5 Å². The average Bonchev–Trinajstić information content (AvgIpc) is 2.76. The maximum Gasteiger partial charge on any atom is 0.416 e. The normalized spacial score (nSPS) is 14.8. The zero-order chi connectivity index (χ0) is 24.4. The van der Waals surface area contributed by atoms with Gasteiger partial charge in [0.25, 0.3) is 11.6 Å². The number of alkyl halides is 3. The van der Waals surface area contributed by atoms with Crippen molar-refractivity contribution in [2.45, 2.75) is 26.9 Å². The molecular weight excluding hydrogens is 439 g/mol. The third-order valence-electron chi connectivity index (χ3n) is 5.19. The van der Waals surface area contributed by atoms with Crippen molar-refractivity contribution in [3.05, 3.63) is 63.7 Å². The Labute approximate surface area is 189 Å². The van der Waals surface area contributed by atoms with Gasteiger partial charge in [-0.2, -0.15) is 13.2 Å². The molecule has 0 unspecified atom stereocenters. The highest BCUT2D eigenvalue weighted by Crippen LogP contribution is 2.31. The molecule has 0 spiro atoms. The van der Waals surface area contributed by atoms with E-state index in [1.54, 1.807) is 4.90 Å². The fraction of sp³-hybridized carbons (Fsp3) is 0.435. The van der Waals surface area contributed by atoms with Crippen molar-refractivity contribution >= 4 is 17.3 Å². The minimum Gasteiger partial charge on any atom is -0.492 e. The van der Waals surface area contributed by atoms with Gasteiger partial charge in [0.1, 0.15) is 5.75 Å². The molecule has 10 heteroatoms. The van der Waals surface area contributed by atoms with Crippen LogP contribution in [0.1, 0.15) is 36.7 Å². The van der Waals surface area contributed by atoms with Crippen molar-refractivity contribution < 1.29 is 27.6 Å². The van der Waals surface area contributed by atoms with E-state index in [-0.39, 0.29) is 28.3 Å². The Kier molecular flexibility index (Phi) is 6.85. The van der Waals surface area contributed by atoms with Crippen molar-refractivity contribution in [1.29, 1.82) is 0 Å². The molecule has 1 amide bonds. The summed E-state index contributed by atoms with van der Waals surface area (Å²) in [6.07, 6.45) is -4.39. The third kappa shape index (κ3) is 6.15. The standard InChI is InChI=1S/C23H26F3N3O4/c1-22(2,3)15-33-20-9-8-18(29(31)32)14-19(20)21(30)28-12-10-27(11-13-28)17-6-4-16(5-7-17)23(24,25)26/h4-9,14H,10-13,15H2,1-3H3. The van der Waals surface area contributed by atoms with Gasteiger partial charge in [-0.15, -0.1) is 0 Å². The molecule has 2 aromatic carbocycles. The van der Waals surface area contributed by atoms with E-state index in [4.69, 9.17) is 4.74 Å². The fourth-order valence-electron chi connectivity index (χ4n) is 3.42. The molecule has 178 valence electrons. The van der Waals surface area contributed by atoms with Crippen LogP contribution in [0.25, 0.3) is 0 Å². The fourth-order valence-corrected chi connectivity index (χ4v) is 3.42. The van der Waals surface area contributed by atoms with Crippen LogP contribution in [0.2, 0.25) is 0 Å². The maximum absolute atomic E-state index is 13.2. The number of hydrogen-bond acceptors (Lipinski definition) is 5. The Morgan fingerprint density at radius 3 is 2.15 bits per heavy atom. The topological polar surface area (TPSA) is 75.9 Å². The Bertz CT molecular complexity index is 1010. The molecule has 1 saturated heterocycles. The highest BCUT2D eigenvalue weighted by molar-refractivity contribution is 5.97. The van der Waals surface area contributed by atoms with Crippen LogP contribution in [0.5, 0.6) is 5.75 Å². The number of anilines is 1. The predicted molar refractivity (Wildman–Crippen MR) is 118 cm³/mol. The summed E-state index contributed by atoms with van der Waals surface area (Å²) in [6, 6.07) is 8.87. The van der Waals surface area contributed by atoms with Gasteiger partial charge in [-0.25, -0.2) is 0 Å². The lowest BCUT2D eigenvalue weighted by molar-refractivity contribution is -0.384. The summed E-state index contributed by atoms with van der Waals surface area (Å²) in [5.41, 5.74) is -0.329. The van der Waals surface area contributed by atoms with E-state index in [1.165, 1.54) is 30.3 Å². The van der Waals surface area contributed by atoms with Gasteiger partial charge in [0.05, 0.1) is 22.7 Å². The number of nitro benzene ring substituents is 1. The second-order valence-corrected chi connectivity index (χ2v) is 9.11. The van der Waals surface area contributed by atoms with E-state index in [2.05, 4.69) is 0 Å². The molecule has 7 nitrogen and oxygen atoms in total. The first kappa shape index (κ1) is 24.3. The Morgan fingerprint density at radius 1 is 1.03 bits per heavy atom. The number of halogens is 3. The highest BCUT2D eigenvalue weighted by Gasteiger charge is 2.31. The monoisotopic (exact) mass is 465 g/mol. The van der Waals surface area contributed by atoms with Gasteiger partial charge in [-0.05, 0) is 35.7 Å². The van der Waals surface area contributed by atoms with Crippen molar-refractivity contribution in [2.75, 3.05) is 37.7 Å². The zero-order valence-electron chi connectivity index (χ0n) is 18.7. The zero-order valence-corrected chi connectivity index (χ0v) is 18.7. The van der Waals surface area contributed by atoms with Gasteiger partial charge < -0.3 is 14.5 Å². The van der Waals surface area contributed by atoms with Crippen LogP contribution in [0.4, 0.5) is 24.5 Å². The smallest absolute Gasteiger partial charge is 0.416 e. The summed E-state index contributed by atoms with van der Waals surface area (Å²) in [4.78, 5) is 27.3. The molecule has 0 atom stereocenters. The van der Waals surface area contributed by atoms with Crippen LogP contribution in [0, 0.1) is 15.5 Å². The molecule has 1 heterocycles. The first-order chi connectivity index (χ1) is 15.3. The minimum atomic E-state index is -4.39. The van der Waals surface area contributed by atoms with Crippen molar-refractivity contribution in [3.63, 3.8) is 0 Å². The van der Waals surface area contributed by atoms with Gasteiger partial charge >= 0.3 is 6.18 Å². The molecule has 0 radical (unpaired) electrons. The molecule has 0 bridgehead atoms. The van der Waals surface area contributed by atoms with E-state index < -0.39 is 16.7 Å². The van der Waals surface area contributed by atoms with Gasteiger partial charge in [-0.1, -0.05) is 20.8 Å². The molecule has 3 rings (SSSR count). The van der Waals surface area contributed by atoms with E-state index in [9.17, 15) is 28.1 Å². The number of carbonyl (C=O) groups is 1. The number of hydrogen-bond donors (Lipinski definition) is 0. The van der Waals surface area contributed by atoms with Crippen LogP contribution < -0.4 is 9.64 Å². The summed E-state index contributed by atoms with van der Waals surface area (Å²) < 4.78 is 44.2. The molecule has 0 aromatic heterocycles. The number of nitrogens with zero attached hydrogens (tertiary/aromatic N) is 3. The Hall–Kier alpha value is -3.30. The van der Waals surface area contributed by atoms with Crippen molar-refractivity contribution in [2.24, 2.45) is 5.41 Å². The SMILES string of the molecule is CC(C)(C)COc1ccc([N+](=O)[O-])cc1C(=O)N1CCN(c2ccc(C(F)(F)F)cc2)CC1. The first-order valence-corrected chi connectivity index (χ1v) is 10.5. The summed E-state index contributed by atoms with van der Waals surface area (Å²) in [5.74, 6) is -0.0969. The second kappa shape index (κ2) is 9.29. The number of ether oxygens (including phenoxy) is 1. The van der Waals surface area contributed by atoms with Gasteiger partial charge in [0, 0.05) is 44.0 Å². The lowest BCUT2D eigenvalue weighted by Gasteiger charge is -2.36. The van der Waals surface area contributed by atoms with Crippen LogP contribution in [0.3, 0.4) is 0 Å². The maximum atomic E-state index is 13.2. The van der Waals surface area contributed by atoms with E-state index in [1.807, 2.05) is 25.7 Å². The highest BCUT2D eigenvalue weighted by atomic mass is 19.4. The molecule has 1 aliphatic heterocycles. The summed E-state index contributed by atoms with van der Waals surface area (Å²) in [6.45, 7) is 7.73. The molecule has 33 heavy (non-hydrogen) atoms. The number of nitro groups is 1. The Morgan fingerprint density at radius 2 is 1.64 bits per heavy atom. The third-order valence-corrected chi connectivity index (χ3v) is 5.19. The van der Waals surface area contributed by atoms with Crippen molar-refractivity contribution in [1.82, 2.24) is 4.90 Å². The average molecular weight is 465 g/mol. The summed E-state index contributed by atoms with van der Waals surface area (Å²) in [5, 5.41) is 11.2. The van der Waals surface area contributed by atoms with E-state index >= 15 is 0 Å². The van der Waals surface area contributed by atoms with Gasteiger partial charge in [-0.3, -0.25) is 14.9 Å². The molecule has 1 aliphatic rings. The number of piperazine rings is 1. The lowest BCUT2D eigenvalue weighted by atomic mass is 9.98. The van der Waals surface area contributed by atoms with Crippen LogP contribution in [-0.4, -0.2) is 48.5 Å². The number of carbonyl (C=O) groups excluding carboxylic acids is 1. The van der Waals surface area contributed by atoms with E-state index in [0.29, 0.717) is 38.5 Å². The van der Waals surface area contributed by atoms with E-state index in [0.717, 1.165) is 12.1 Å².